The number of carbonyl (C=O) groups is 1. The van der Waals surface area contributed by atoms with Crippen LogP contribution in [0.3, 0.4) is 0 Å². The largest absolute Gasteiger partial charge is 0.338 e. The number of nitrogens with zero attached hydrogens (tertiary/aromatic N) is 3. The summed E-state index contributed by atoms with van der Waals surface area (Å²) in [5.74, 6) is 1.48. The fourth-order valence-corrected chi connectivity index (χ4v) is 4.11. The van der Waals surface area contributed by atoms with E-state index in [9.17, 15) is 9.59 Å². The highest BCUT2D eigenvalue weighted by Gasteiger charge is 2.23. The van der Waals surface area contributed by atoms with Crippen molar-refractivity contribution >= 4 is 16.8 Å². The molecule has 132 valence electrons. The number of rotatable bonds is 1. The van der Waals surface area contributed by atoms with Gasteiger partial charge in [-0.1, -0.05) is 13.3 Å². The lowest BCUT2D eigenvalue weighted by Gasteiger charge is -2.31. The van der Waals surface area contributed by atoms with Crippen molar-refractivity contribution in [2.24, 2.45) is 5.92 Å². The van der Waals surface area contributed by atoms with Crippen LogP contribution in [0.4, 0.5) is 0 Å². The number of piperidine rings is 1. The van der Waals surface area contributed by atoms with Crippen molar-refractivity contribution in [2.45, 2.75) is 52.0 Å². The van der Waals surface area contributed by atoms with Crippen LogP contribution in [0.25, 0.3) is 10.9 Å². The first-order valence-electron chi connectivity index (χ1n) is 9.46. The van der Waals surface area contributed by atoms with E-state index in [0.717, 1.165) is 57.6 Å². The van der Waals surface area contributed by atoms with Gasteiger partial charge in [0.25, 0.3) is 11.5 Å². The first-order chi connectivity index (χ1) is 12.1. The highest BCUT2D eigenvalue weighted by atomic mass is 16.2. The number of hydrogen-bond acceptors (Lipinski definition) is 3. The van der Waals surface area contributed by atoms with Gasteiger partial charge in [0.2, 0.25) is 0 Å². The summed E-state index contributed by atoms with van der Waals surface area (Å²) < 4.78 is 1.82. The van der Waals surface area contributed by atoms with Crippen LogP contribution in [0.1, 0.15) is 55.2 Å². The lowest BCUT2D eigenvalue weighted by molar-refractivity contribution is 0.0683. The van der Waals surface area contributed by atoms with Crippen molar-refractivity contribution in [3.63, 3.8) is 0 Å². The summed E-state index contributed by atoms with van der Waals surface area (Å²) in [6, 6.07) is 5.38. The van der Waals surface area contributed by atoms with E-state index < -0.39 is 0 Å². The fraction of sp³-hybridized carbons (Fsp3) is 0.550. The molecule has 2 aliphatic heterocycles. The molecule has 0 spiro atoms. The third-order valence-electron chi connectivity index (χ3n) is 5.51. The third kappa shape index (κ3) is 3.08. The number of aryl methyl sites for hydroxylation is 1. The Morgan fingerprint density at radius 2 is 2.04 bits per heavy atom. The van der Waals surface area contributed by atoms with Crippen molar-refractivity contribution in [3.05, 3.63) is 39.9 Å². The lowest BCUT2D eigenvalue weighted by atomic mass is 9.99. The molecule has 0 aliphatic carbocycles. The molecule has 0 N–H and O–H groups in total. The van der Waals surface area contributed by atoms with Crippen molar-refractivity contribution in [1.82, 2.24) is 14.5 Å². The zero-order valence-electron chi connectivity index (χ0n) is 14.8. The Bertz CT molecular complexity index is 871. The normalized spacial score (nSPS) is 21.0. The van der Waals surface area contributed by atoms with Crippen LogP contribution in [0, 0.1) is 5.92 Å². The van der Waals surface area contributed by atoms with Crippen LogP contribution in [0.2, 0.25) is 0 Å². The quantitative estimate of drug-likeness (QED) is 0.802. The molecule has 1 aromatic heterocycles. The van der Waals surface area contributed by atoms with Gasteiger partial charge in [0.05, 0.1) is 10.9 Å². The highest BCUT2D eigenvalue weighted by molar-refractivity contribution is 5.97. The fourth-order valence-electron chi connectivity index (χ4n) is 4.11. The molecule has 25 heavy (non-hydrogen) atoms. The standard InChI is InChI=1S/C20H25N3O2/c1-14-6-5-10-22(13-14)19(24)15-8-9-16-17(12-15)21-18-7-3-2-4-11-23(18)20(16)25/h8-9,12,14H,2-7,10-11,13H2,1H3. The minimum atomic E-state index is 0.0347. The molecule has 3 heterocycles. The number of likely N-dealkylation sites (tertiary alicyclic amines) is 1. The summed E-state index contributed by atoms with van der Waals surface area (Å²) in [7, 11) is 0. The molecule has 2 aromatic rings. The maximum Gasteiger partial charge on any atom is 0.261 e. The van der Waals surface area contributed by atoms with Gasteiger partial charge in [-0.25, -0.2) is 4.98 Å². The van der Waals surface area contributed by atoms with E-state index in [1.807, 2.05) is 15.5 Å². The second kappa shape index (κ2) is 6.62. The molecule has 5 heteroatoms. The second-order valence-electron chi connectivity index (χ2n) is 7.53. The third-order valence-corrected chi connectivity index (χ3v) is 5.51. The molecule has 0 saturated carbocycles. The van der Waals surface area contributed by atoms with Crippen LogP contribution in [0.15, 0.2) is 23.0 Å². The van der Waals surface area contributed by atoms with E-state index in [1.165, 1.54) is 6.42 Å². The molecule has 4 rings (SSSR count). The summed E-state index contributed by atoms with van der Waals surface area (Å²) in [4.78, 5) is 32.3. The van der Waals surface area contributed by atoms with Gasteiger partial charge in [0.1, 0.15) is 5.82 Å². The van der Waals surface area contributed by atoms with E-state index in [4.69, 9.17) is 4.98 Å². The first kappa shape index (κ1) is 16.3. The van der Waals surface area contributed by atoms with Gasteiger partial charge >= 0.3 is 0 Å². The minimum Gasteiger partial charge on any atom is -0.338 e. The van der Waals surface area contributed by atoms with Crippen molar-refractivity contribution < 1.29 is 4.79 Å². The first-order valence-corrected chi connectivity index (χ1v) is 9.46. The van der Waals surface area contributed by atoms with Crippen molar-refractivity contribution in [3.8, 4) is 0 Å². The monoisotopic (exact) mass is 339 g/mol. The van der Waals surface area contributed by atoms with E-state index in [0.29, 0.717) is 22.4 Å². The van der Waals surface area contributed by atoms with Gasteiger partial charge in [-0.3, -0.25) is 14.2 Å². The molecular weight excluding hydrogens is 314 g/mol. The summed E-state index contributed by atoms with van der Waals surface area (Å²) in [5.41, 5.74) is 1.34. The van der Waals surface area contributed by atoms with Gasteiger partial charge in [-0.05, 0) is 49.8 Å². The molecule has 1 saturated heterocycles. The Labute approximate surface area is 147 Å². The maximum absolute atomic E-state index is 12.8. The topological polar surface area (TPSA) is 55.2 Å². The van der Waals surface area contributed by atoms with E-state index in [2.05, 4.69) is 6.92 Å². The zero-order chi connectivity index (χ0) is 17.4. The molecule has 1 aromatic carbocycles. The van der Waals surface area contributed by atoms with Crippen molar-refractivity contribution in [1.29, 1.82) is 0 Å². The molecule has 5 nitrogen and oxygen atoms in total. The van der Waals surface area contributed by atoms with E-state index in [1.54, 1.807) is 12.1 Å². The SMILES string of the molecule is CC1CCCN(C(=O)c2ccc3c(=O)n4c(nc3c2)CCCCC4)C1. The minimum absolute atomic E-state index is 0.0347. The molecule has 2 aliphatic rings. The Hall–Kier alpha value is -2.17. The van der Waals surface area contributed by atoms with Gasteiger partial charge in [0.15, 0.2) is 0 Å². The van der Waals surface area contributed by atoms with Crippen LogP contribution in [-0.2, 0) is 13.0 Å². The van der Waals surface area contributed by atoms with Crippen molar-refractivity contribution in [2.75, 3.05) is 13.1 Å². The smallest absolute Gasteiger partial charge is 0.261 e. The van der Waals surface area contributed by atoms with Crippen LogP contribution in [-0.4, -0.2) is 33.4 Å². The molecule has 0 bridgehead atoms. The summed E-state index contributed by atoms with van der Waals surface area (Å²) in [6.07, 6.45) is 6.33. The van der Waals surface area contributed by atoms with Crippen LogP contribution in [0.5, 0.6) is 0 Å². The molecule has 1 amide bonds. The molecular formula is C20H25N3O2. The summed E-state index contributed by atoms with van der Waals surface area (Å²) in [5, 5.41) is 0.620. The predicted molar refractivity (Wildman–Crippen MR) is 97.9 cm³/mol. The number of fused-ring (bicyclic) bond motifs is 2. The average molecular weight is 339 g/mol. The molecule has 1 fully saturated rings. The number of benzene rings is 1. The number of amides is 1. The molecule has 1 atom stereocenters. The van der Waals surface area contributed by atoms with E-state index in [-0.39, 0.29) is 11.5 Å². The van der Waals surface area contributed by atoms with Gasteiger partial charge < -0.3 is 4.90 Å². The Morgan fingerprint density at radius 3 is 2.88 bits per heavy atom. The second-order valence-corrected chi connectivity index (χ2v) is 7.53. The Balaban J connectivity index is 1.72. The van der Waals surface area contributed by atoms with Gasteiger partial charge in [-0.15, -0.1) is 0 Å². The predicted octanol–water partition coefficient (Wildman–Crippen LogP) is 3.00. The maximum atomic E-state index is 12.8. The van der Waals surface area contributed by atoms with Crippen LogP contribution < -0.4 is 5.56 Å². The van der Waals surface area contributed by atoms with Gasteiger partial charge in [0, 0.05) is 31.6 Å². The summed E-state index contributed by atoms with van der Waals surface area (Å²) >= 11 is 0. The zero-order valence-corrected chi connectivity index (χ0v) is 14.8. The highest BCUT2D eigenvalue weighted by Crippen LogP contribution is 2.20. The average Bonchev–Trinajstić information content (AvgIpc) is 2.86. The molecule has 1 unspecified atom stereocenters. The number of hydrogen-bond donors (Lipinski definition) is 0. The number of carbonyl (C=O) groups excluding carboxylic acids is 1. The summed E-state index contributed by atoms with van der Waals surface area (Å²) in [6.45, 7) is 4.58. The van der Waals surface area contributed by atoms with E-state index >= 15 is 0 Å². The van der Waals surface area contributed by atoms with Gasteiger partial charge in [-0.2, -0.15) is 0 Å². The Morgan fingerprint density at radius 1 is 1.16 bits per heavy atom. The lowest BCUT2D eigenvalue weighted by Crippen LogP contribution is -2.39. The number of aromatic nitrogens is 2. The van der Waals surface area contributed by atoms with Crippen LogP contribution >= 0.6 is 0 Å². The molecule has 0 radical (unpaired) electrons. The Kier molecular flexibility index (Phi) is 4.32.